The Hall–Kier alpha value is -2.96. The quantitative estimate of drug-likeness (QED) is 0.725. The first-order valence-electron chi connectivity index (χ1n) is 7.94. The van der Waals surface area contributed by atoms with Crippen LogP contribution in [0.4, 0.5) is 0 Å². The number of amides is 1. The van der Waals surface area contributed by atoms with Crippen molar-refractivity contribution in [1.29, 1.82) is 0 Å². The molecule has 0 heterocycles. The van der Waals surface area contributed by atoms with Gasteiger partial charge in [0.1, 0.15) is 0 Å². The number of hydrogen-bond acceptors (Lipinski definition) is 3. The van der Waals surface area contributed by atoms with Crippen molar-refractivity contribution in [3.8, 4) is 11.1 Å². The van der Waals surface area contributed by atoms with Crippen LogP contribution in [-0.2, 0) is 14.8 Å². The molecule has 6 heteroatoms. The molecule has 1 amide bonds. The molecule has 0 aliphatic heterocycles. The number of primary amides is 1. The molecule has 0 aromatic heterocycles. The van der Waals surface area contributed by atoms with Crippen molar-refractivity contribution >= 4 is 15.9 Å². The molecular formula is C20H18N2O3S. The van der Waals surface area contributed by atoms with E-state index in [2.05, 4.69) is 0 Å². The molecule has 26 heavy (non-hydrogen) atoms. The minimum Gasteiger partial charge on any atom is -0.369 e. The third-order valence-electron chi connectivity index (χ3n) is 4.17. The van der Waals surface area contributed by atoms with Crippen LogP contribution in [0.1, 0.15) is 17.0 Å². The average molecular weight is 366 g/mol. The smallest absolute Gasteiger partial charge is 0.238 e. The van der Waals surface area contributed by atoms with E-state index in [0.717, 1.165) is 11.1 Å². The predicted octanol–water partition coefficient (Wildman–Crippen LogP) is 2.62. The van der Waals surface area contributed by atoms with Gasteiger partial charge in [-0.2, -0.15) is 0 Å². The van der Waals surface area contributed by atoms with Gasteiger partial charge in [0.2, 0.25) is 15.9 Å². The normalized spacial score (nSPS) is 12.5. The van der Waals surface area contributed by atoms with Crippen molar-refractivity contribution < 1.29 is 13.2 Å². The number of nitrogens with two attached hydrogens (primary N) is 2. The Morgan fingerprint density at radius 1 is 0.769 bits per heavy atom. The number of sulfonamides is 1. The Labute approximate surface area is 152 Å². The van der Waals surface area contributed by atoms with Gasteiger partial charge < -0.3 is 5.73 Å². The fourth-order valence-electron chi connectivity index (χ4n) is 2.97. The molecule has 3 aromatic carbocycles. The van der Waals surface area contributed by atoms with Crippen LogP contribution in [0.3, 0.4) is 0 Å². The van der Waals surface area contributed by atoms with E-state index in [1.807, 2.05) is 30.3 Å². The van der Waals surface area contributed by atoms with Crippen molar-refractivity contribution in [2.45, 2.75) is 10.8 Å². The van der Waals surface area contributed by atoms with Gasteiger partial charge in [-0.15, -0.1) is 0 Å². The zero-order valence-electron chi connectivity index (χ0n) is 13.9. The first kappa shape index (κ1) is 17.8. The second kappa shape index (κ2) is 7.11. The lowest BCUT2D eigenvalue weighted by atomic mass is 9.89. The predicted molar refractivity (Wildman–Crippen MR) is 101 cm³/mol. The minimum atomic E-state index is -3.84. The van der Waals surface area contributed by atoms with E-state index >= 15 is 0 Å². The molecule has 0 saturated heterocycles. The summed E-state index contributed by atoms with van der Waals surface area (Å²) >= 11 is 0. The molecule has 0 aliphatic rings. The molecule has 0 fully saturated rings. The third-order valence-corrected chi connectivity index (χ3v) is 5.14. The Balaban J connectivity index is 2.03. The number of rotatable bonds is 5. The molecule has 0 spiro atoms. The van der Waals surface area contributed by atoms with E-state index in [1.54, 1.807) is 42.5 Å². The number of carbonyl (C=O) groups excluding carboxylic acids is 1. The lowest BCUT2D eigenvalue weighted by molar-refractivity contribution is -0.118. The zero-order valence-corrected chi connectivity index (χ0v) is 14.7. The maximum absolute atomic E-state index is 12.0. The summed E-state index contributed by atoms with van der Waals surface area (Å²) in [5.74, 6) is -1.02. The van der Waals surface area contributed by atoms with Crippen LogP contribution < -0.4 is 10.9 Å². The Morgan fingerprint density at radius 3 is 1.88 bits per heavy atom. The van der Waals surface area contributed by atoms with Crippen molar-refractivity contribution in [3.05, 3.63) is 90.0 Å². The number of primary sulfonamides is 1. The molecule has 4 N–H and O–H groups in total. The van der Waals surface area contributed by atoms with Gasteiger partial charge >= 0.3 is 0 Å². The van der Waals surface area contributed by atoms with E-state index in [4.69, 9.17) is 10.9 Å². The maximum Gasteiger partial charge on any atom is 0.238 e. The second-order valence-electron chi connectivity index (χ2n) is 5.91. The number of benzene rings is 3. The molecule has 1 atom stereocenters. The first-order chi connectivity index (χ1) is 12.4. The summed E-state index contributed by atoms with van der Waals surface area (Å²) in [5.41, 5.74) is 8.34. The monoisotopic (exact) mass is 366 g/mol. The zero-order chi connectivity index (χ0) is 18.7. The van der Waals surface area contributed by atoms with Gasteiger partial charge in [0, 0.05) is 5.56 Å². The van der Waals surface area contributed by atoms with E-state index in [1.165, 1.54) is 6.07 Å². The standard InChI is InChI=1S/C20H18N2O3S/c21-20(23)19(15-6-2-1-3-7-15)16-12-10-14(11-13-16)17-8-4-5-9-18(17)26(22,24)25/h1-13,19H,(H2,21,23)(H2,22,24,25). The van der Waals surface area contributed by atoms with Gasteiger partial charge in [0.05, 0.1) is 10.8 Å². The van der Waals surface area contributed by atoms with Gasteiger partial charge in [0.15, 0.2) is 0 Å². The topological polar surface area (TPSA) is 103 Å². The largest absolute Gasteiger partial charge is 0.369 e. The highest BCUT2D eigenvalue weighted by molar-refractivity contribution is 7.89. The molecule has 132 valence electrons. The van der Waals surface area contributed by atoms with Crippen LogP contribution in [-0.4, -0.2) is 14.3 Å². The van der Waals surface area contributed by atoms with Crippen LogP contribution in [0.5, 0.6) is 0 Å². The SMILES string of the molecule is NC(=O)C(c1ccccc1)c1ccc(-c2ccccc2S(N)(=O)=O)cc1. The highest BCUT2D eigenvalue weighted by Gasteiger charge is 2.20. The lowest BCUT2D eigenvalue weighted by Crippen LogP contribution is -2.22. The molecule has 0 saturated carbocycles. The molecule has 0 bridgehead atoms. The fourth-order valence-corrected chi connectivity index (χ4v) is 3.74. The summed E-state index contributed by atoms with van der Waals surface area (Å²) in [6.07, 6.45) is 0. The van der Waals surface area contributed by atoms with Gasteiger partial charge in [-0.05, 0) is 22.8 Å². The van der Waals surface area contributed by atoms with E-state index in [9.17, 15) is 13.2 Å². The Morgan fingerprint density at radius 2 is 1.31 bits per heavy atom. The maximum atomic E-state index is 12.0. The van der Waals surface area contributed by atoms with E-state index in [-0.39, 0.29) is 4.90 Å². The number of carbonyl (C=O) groups is 1. The Bertz CT molecular complexity index is 1030. The summed E-state index contributed by atoms with van der Waals surface area (Å²) in [4.78, 5) is 12.0. The van der Waals surface area contributed by atoms with Gasteiger partial charge in [0.25, 0.3) is 0 Å². The van der Waals surface area contributed by atoms with Crippen LogP contribution in [0.2, 0.25) is 0 Å². The highest BCUT2D eigenvalue weighted by atomic mass is 32.2. The van der Waals surface area contributed by atoms with Crippen molar-refractivity contribution in [2.24, 2.45) is 10.9 Å². The summed E-state index contributed by atoms with van der Waals surface area (Å²) in [6.45, 7) is 0. The molecule has 0 aliphatic carbocycles. The van der Waals surface area contributed by atoms with Gasteiger partial charge in [-0.1, -0.05) is 72.8 Å². The molecule has 0 radical (unpaired) electrons. The molecular weight excluding hydrogens is 348 g/mol. The summed E-state index contributed by atoms with van der Waals surface area (Å²) in [5, 5.41) is 5.30. The van der Waals surface area contributed by atoms with Gasteiger partial charge in [-0.25, -0.2) is 13.6 Å². The molecule has 1 unspecified atom stereocenters. The van der Waals surface area contributed by atoms with Crippen molar-refractivity contribution in [3.63, 3.8) is 0 Å². The Kier molecular flexibility index (Phi) is 4.88. The molecule has 5 nitrogen and oxygen atoms in total. The lowest BCUT2D eigenvalue weighted by Gasteiger charge is -2.15. The average Bonchev–Trinajstić information content (AvgIpc) is 2.62. The summed E-state index contributed by atoms with van der Waals surface area (Å²) in [7, 11) is -3.84. The van der Waals surface area contributed by atoms with Crippen LogP contribution in [0, 0.1) is 0 Å². The van der Waals surface area contributed by atoms with Gasteiger partial charge in [-0.3, -0.25) is 4.79 Å². The van der Waals surface area contributed by atoms with Crippen LogP contribution in [0.25, 0.3) is 11.1 Å². The van der Waals surface area contributed by atoms with Crippen LogP contribution >= 0.6 is 0 Å². The molecule has 3 rings (SSSR count). The van der Waals surface area contributed by atoms with E-state index < -0.39 is 21.8 Å². The summed E-state index contributed by atoms with van der Waals surface area (Å²) in [6, 6.07) is 22.9. The van der Waals surface area contributed by atoms with E-state index in [0.29, 0.717) is 11.1 Å². The summed E-state index contributed by atoms with van der Waals surface area (Å²) < 4.78 is 23.6. The number of hydrogen-bond donors (Lipinski definition) is 2. The highest BCUT2D eigenvalue weighted by Crippen LogP contribution is 2.30. The second-order valence-corrected chi connectivity index (χ2v) is 7.44. The third kappa shape index (κ3) is 3.66. The van der Waals surface area contributed by atoms with Crippen molar-refractivity contribution in [1.82, 2.24) is 0 Å². The molecule has 3 aromatic rings. The fraction of sp³-hybridized carbons (Fsp3) is 0.0500. The van der Waals surface area contributed by atoms with Crippen LogP contribution in [0.15, 0.2) is 83.8 Å². The first-order valence-corrected chi connectivity index (χ1v) is 9.49. The minimum absolute atomic E-state index is 0.0576. The van der Waals surface area contributed by atoms with Crippen molar-refractivity contribution in [2.75, 3.05) is 0 Å².